The molecule has 1 fully saturated rings. The largest absolute Gasteiger partial charge is 0.395 e. The van der Waals surface area contributed by atoms with Crippen molar-refractivity contribution in [2.24, 2.45) is 0 Å². The molecule has 0 aromatic heterocycles. The third kappa shape index (κ3) is 4.36. The first-order valence-corrected chi connectivity index (χ1v) is 6.72. The summed E-state index contributed by atoms with van der Waals surface area (Å²) in [6.07, 6.45) is -1.56. The predicted molar refractivity (Wildman–Crippen MR) is 75.7 cm³/mol. The van der Waals surface area contributed by atoms with Crippen molar-refractivity contribution in [3.63, 3.8) is 0 Å². The number of rotatable bonds is 6. The van der Waals surface area contributed by atoms with Crippen LogP contribution in [0.1, 0.15) is 0 Å². The molecule has 0 aromatic rings. The van der Waals surface area contributed by atoms with Gasteiger partial charge in [0.05, 0.1) is 13.2 Å². The van der Waals surface area contributed by atoms with Crippen LogP contribution in [0.2, 0.25) is 0 Å². The van der Waals surface area contributed by atoms with Crippen LogP contribution < -0.4 is 21.3 Å². The van der Waals surface area contributed by atoms with Crippen LogP contribution in [0.4, 0.5) is 14.4 Å². The monoisotopic (exact) mass is 318 g/mol. The number of aliphatic hydroxyl groups excluding tert-OH is 2. The van der Waals surface area contributed by atoms with Gasteiger partial charge in [0.1, 0.15) is 12.3 Å². The molecule has 11 heteroatoms. The Morgan fingerprint density at radius 1 is 0.955 bits per heavy atom. The standard InChI is InChI=1S/C11H22N6O5/c1-16-7(14-9(20)12-3-5-18)8(17(2)11(16)22)15-10(21)13-4-6-19/h7-8,18-19H,3-6H2,1-2H3,(H2,12,14,20)(H2,13,15,21)/t7-,8-/m0/s1. The molecule has 0 bridgehead atoms. The molecule has 1 saturated heterocycles. The van der Waals surface area contributed by atoms with E-state index in [4.69, 9.17) is 10.2 Å². The summed E-state index contributed by atoms with van der Waals surface area (Å²) in [6.45, 7) is -0.279. The minimum atomic E-state index is -0.781. The lowest BCUT2D eigenvalue weighted by atomic mass is 10.3. The zero-order valence-corrected chi connectivity index (χ0v) is 12.5. The number of likely N-dealkylation sites (N-methyl/N-ethyl adjacent to an activating group) is 2. The molecule has 0 spiro atoms. The van der Waals surface area contributed by atoms with Crippen LogP contribution in [0, 0.1) is 0 Å². The van der Waals surface area contributed by atoms with Gasteiger partial charge in [0.15, 0.2) is 0 Å². The number of amides is 6. The molecule has 0 unspecified atom stereocenters. The first-order chi connectivity index (χ1) is 10.4. The fraction of sp³-hybridized carbons (Fsp3) is 0.727. The van der Waals surface area contributed by atoms with E-state index in [1.165, 1.54) is 23.9 Å². The average molecular weight is 318 g/mol. The molecule has 22 heavy (non-hydrogen) atoms. The van der Waals surface area contributed by atoms with Crippen LogP contribution in [-0.2, 0) is 0 Å². The highest BCUT2D eigenvalue weighted by Gasteiger charge is 2.43. The van der Waals surface area contributed by atoms with Crippen LogP contribution in [0.5, 0.6) is 0 Å². The lowest BCUT2D eigenvalue weighted by molar-refractivity contribution is 0.190. The highest BCUT2D eigenvalue weighted by Crippen LogP contribution is 2.15. The molecule has 2 atom stereocenters. The molecule has 6 amide bonds. The van der Waals surface area contributed by atoms with E-state index in [0.717, 1.165) is 0 Å². The summed E-state index contributed by atoms with van der Waals surface area (Å²) in [5.41, 5.74) is 0. The van der Waals surface area contributed by atoms with Crippen LogP contribution >= 0.6 is 0 Å². The smallest absolute Gasteiger partial charge is 0.323 e. The quantitative estimate of drug-likeness (QED) is 0.314. The molecular formula is C11H22N6O5. The SMILES string of the molecule is CN1C(=O)N(C)[C@H](NC(=O)NCCO)[C@H]1NC(=O)NCCO. The van der Waals surface area contributed by atoms with Crippen molar-refractivity contribution in [1.82, 2.24) is 31.1 Å². The molecular weight excluding hydrogens is 296 g/mol. The minimum Gasteiger partial charge on any atom is -0.395 e. The number of carbonyl (C=O) groups excluding carboxylic acids is 3. The summed E-state index contributed by atoms with van der Waals surface area (Å²) in [5.74, 6) is 0. The minimum absolute atomic E-state index is 0.0706. The third-order valence-corrected chi connectivity index (χ3v) is 3.09. The van der Waals surface area contributed by atoms with Gasteiger partial charge in [-0.05, 0) is 0 Å². The summed E-state index contributed by atoms with van der Waals surface area (Å²) >= 11 is 0. The normalized spacial score (nSPS) is 20.8. The highest BCUT2D eigenvalue weighted by atomic mass is 16.3. The first-order valence-electron chi connectivity index (χ1n) is 6.72. The lowest BCUT2D eigenvalue weighted by Crippen LogP contribution is -2.59. The fourth-order valence-corrected chi connectivity index (χ4v) is 1.97. The van der Waals surface area contributed by atoms with Gasteiger partial charge in [0.25, 0.3) is 0 Å². The van der Waals surface area contributed by atoms with Gasteiger partial charge in [-0.2, -0.15) is 0 Å². The topological polar surface area (TPSA) is 146 Å². The van der Waals surface area contributed by atoms with Crippen molar-refractivity contribution in [2.75, 3.05) is 40.4 Å². The number of urea groups is 3. The Morgan fingerprint density at radius 3 is 1.64 bits per heavy atom. The Kier molecular flexibility index (Phi) is 6.66. The summed E-state index contributed by atoms with van der Waals surface area (Å²) in [7, 11) is 2.98. The van der Waals surface area contributed by atoms with Gasteiger partial charge in [-0.25, -0.2) is 14.4 Å². The molecule has 11 nitrogen and oxygen atoms in total. The molecule has 0 saturated carbocycles. The molecule has 0 aromatic carbocycles. The zero-order valence-electron chi connectivity index (χ0n) is 12.5. The summed E-state index contributed by atoms with van der Waals surface area (Å²) in [6, 6.07) is -1.52. The maximum atomic E-state index is 11.9. The molecule has 0 radical (unpaired) electrons. The molecule has 6 N–H and O–H groups in total. The first kappa shape index (κ1) is 17.8. The van der Waals surface area contributed by atoms with Gasteiger partial charge < -0.3 is 41.3 Å². The van der Waals surface area contributed by atoms with Crippen LogP contribution in [0.25, 0.3) is 0 Å². The van der Waals surface area contributed by atoms with Crippen molar-refractivity contribution in [3.8, 4) is 0 Å². The molecule has 1 aliphatic heterocycles. The molecule has 126 valence electrons. The second kappa shape index (κ2) is 8.24. The Balaban J connectivity index is 2.70. The van der Waals surface area contributed by atoms with Crippen molar-refractivity contribution in [2.45, 2.75) is 12.3 Å². The summed E-state index contributed by atoms with van der Waals surface area (Å²) in [5, 5.41) is 27.2. The Labute approximate surface area is 127 Å². The van der Waals surface area contributed by atoms with E-state index in [0.29, 0.717) is 0 Å². The number of carbonyl (C=O) groups is 3. The third-order valence-electron chi connectivity index (χ3n) is 3.09. The van der Waals surface area contributed by atoms with E-state index in [2.05, 4.69) is 21.3 Å². The van der Waals surface area contributed by atoms with E-state index < -0.39 is 24.4 Å². The van der Waals surface area contributed by atoms with Crippen molar-refractivity contribution in [1.29, 1.82) is 0 Å². The second-order valence-corrected chi connectivity index (χ2v) is 4.64. The fourth-order valence-electron chi connectivity index (χ4n) is 1.97. The molecule has 1 heterocycles. The second-order valence-electron chi connectivity index (χ2n) is 4.64. The molecule has 1 aliphatic rings. The number of hydrogen-bond donors (Lipinski definition) is 6. The molecule has 1 rings (SSSR count). The van der Waals surface area contributed by atoms with Crippen molar-refractivity contribution in [3.05, 3.63) is 0 Å². The van der Waals surface area contributed by atoms with Gasteiger partial charge in [0, 0.05) is 27.2 Å². The summed E-state index contributed by atoms with van der Waals surface area (Å²) < 4.78 is 0. The van der Waals surface area contributed by atoms with E-state index >= 15 is 0 Å². The summed E-state index contributed by atoms with van der Waals surface area (Å²) in [4.78, 5) is 37.8. The maximum absolute atomic E-state index is 11.9. The Bertz CT molecular complexity index is 384. The van der Waals surface area contributed by atoms with Crippen LogP contribution in [-0.4, -0.2) is 90.8 Å². The number of nitrogens with zero attached hydrogens (tertiary/aromatic N) is 2. The van der Waals surface area contributed by atoms with Crippen LogP contribution in [0.15, 0.2) is 0 Å². The number of aliphatic hydroxyl groups is 2. The Hall–Kier alpha value is -2.27. The van der Waals surface area contributed by atoms with Gasteiger partial charge >= 0.3 is 18.1 Å². The average Bonchev–Trinajstić information content (AvgIpc) is 2.69. The van der Waals surface area contributed by atoms with Gasteiger partial charge in [-0.1, -0.05) is 0 Å². The molecule has 0 aliphatic carbocycles. The predicted octanol–water partition coefficient (Wildman–Crippen LogP) is -2.78. The zero-order chi connectivity index (χ0) is 16.7. The lowest BCUT2D eigenvalue weighted by Gasteiger charge is -2.26. The van der Waals surface area contributed by atoms with E-state index in [-0.39, 0.29) is 32.3 Å². The van der Waals surface area contributed by atoms with E-state index in [1.54, 1.807) is 0 Å². The van der Waals surface area contributed by atoms with Crippen molar-refractivity contribution >= 4 is 18.1 Å². The number of hydrogen-bond acceptors (Lipinski definition) is 5. The van der Waals surface area contributed by atoms with Gasteiger partial charge in [0.2, 0.25) is 0 Å². The Morgan fingerprint density at radius 2 is 1.32 bits per heavy atom. The van der Waals surface area contributed by atoms with Crippen molar-refractivity contribution < 1.29 is 24.6 Å². The van der Waals surface area contributed by atoms with E-state index in [1.807, 2.05) is 0 Å². The highest BCUT2D eigenvalue weighted by molar-refractivity contribution is 5.82. The van der Waals surface area contributed by atoms with E-state index in [9.17, 15) is 14.4 Å². The van der Waals surface area contributed by atoms with Crippen LogP contribution in [0.3, 0.4) is 0 Å². The maximum Gasteiger partial charge on any atom is 0.323 e. The van der Waals surface area contributed by atoms with Gasteiger partial charge in [-0.15, -0.1) is 0 Å². The van der Waals surface area contributed by atoms with Gasteiger partial charge in [-0.3, -0.25) is 0 Å². The number of nitrogens with one attached hydrogen (secondary N) is 4.